The molecule has 2 rings (SSSR count). The van der Waals surface area contributed by atoms with Crippen molar-refractivity contribution >= 4 is 38.2 Å². The lowest BCUT2D eigenvalue weighted by molar-refractivity contribution is 0.617. The summed E-state index contributed by atoms with van der Waals surface area (Å²) in [4.78, 5) is 4.49. The SMILES string of the molecule is CCCCCCCCNc1ccc(N)c2cc(Br)cnc12. The molecule has 4 heteroatoms. The van der Waals surface area contributed by atoms with Gasteiger partial charge in [0, 0.05) is 28.3 Å². The molecule has 0 unspecified atom stereocenters. The smallest absolute Gasteiger partial charge is 0.0954 e. The van der Waals surface area contributed by atoms with Crippen molar-refractivity contribution in [3.63, 3.8) is 0 Å². The molecule has 0 radical (unpaired) electrons. The molecule has 3 N–H and O–H groups in total. The number of anilines is 2. The van der Waals surface area contributed by atoms with Crippen LogP contribution in [-0.4, -0.2) is 11.5 Å². The number of nitrogens with two attached hydrogens (primary N) is 1. The lowest BCUT2D eigenvalue weighted by Crippen LogP contribution is -2.03. The third kappa shape index (κ3) is 4.60. The van der Waals surface area contributed by atoms with Gasteiger partial charge in [0.05, 0.1) is 11.2 Å². The Labute approximate surface area is 135 Å². The summed E-state index contributed by atoms with van der Waals surface area (Å²) in [6.45, 7) is 3.24. The summed E-state index contributed by atoms with van der Waals surface area (Å²) in [5.41, 5.74) is 8.81. The third-order valence-electron chi connectivity index (χ3n) is 3.70. The Bertz CT molecular complexity index is 584. The topological polar surface area (TPSA) is 50.9 Å². The van der Waals surface area contributed by atoms with Gasteiger partial charge in [-0.1, -0.05) is 39.0 Å². The highest BCUT2D eigenvalue weighted by atomic mass is 79.9. The molecule has 1 aromatic carbocycles. The molecule has 0 spiro atoms. The Hall–Kier alpha value is -1.29. The van der Waals surface area contributed by atoms with Crippen molar-refractivity contribution in [1.29, 1.82) is 0 Å². The molecule has 1 heterocycles. The molecule has 0 atom stereocenters. The van der Waals surface area contributed by atoms with Crippen LogP contribution in [0.15, 0.2) is 28.9 Å². The first-order valence-electron chi connectivity index (χ1n) is 7.80. The molecule has 114 valence electrons. The zero-order chi connectivity index (χ0) is 15.1. The molecular weight excluding hydrogens is 326 g/mol. The summed E-state index contributed by atoms with van der Waals surface area (Å²) in [5.74, 6) is 0. The van der Waals surface area contributed by atoms with E-state index in [1.807, 2.05) is 24.4 Å². The molecule has 0 aliphatic carbocycles. The fourth-order valence-corrected chi connectivity index (χ4v) is 2.82. The van der Waals surface area contributed by atoms with Crippen LogP contribution in [0.1, 0.15) is 45.4 Å². The van der Waals surface area contributed by atoms with Crippen LogP contribution in [0.25, 0.3) is 10.9 Å². The standard InChI is InChI=1S/C17H24BrN3/c1-2-3-4-5-6-7-10-20-16-9-8-15(19)14-11-13(18)12-21-17(14)16/h8-9,11-12,20H,2-7,10,19H2,1H3. The first kappa shape index (κ1) is 16.1. The van der Waals surface area contributed by atoms with Gasteiger partial charge in [-0.25, -0.2) is 0 Å². The highest BCUT2D eigenvalue weighted by molar-refractivity contribution is 9.10. The average molecular weight is 350 g/mol. The van der Waals surface area contributed by atoms with E-state index in [-0.39, 0.29) is 0 Å². The Morgan fingerprint density at radius 2 is 1.90 bits per heavy atom. The number of aromatic nitrogens is 1. The van der Waals surface area contributed by atoms with Gasteiger partial charge < -0.3 is 11.1 Å². The van der Waals surface area contributed by atoms with Gasteiger partial charge in [-0.15, -0.1) is 0 Å². The maximum atomic E-state index is 6.03. The number of rotatable bonds is 8. The van der Waals surface area contributed by atoms with E-state index < -0.39 is 0 Å². The summed E-state index contributed by atoms with van der Waals surface area (Å²) in [7, 11) is 0. The molecule has 0 aliphatic heterocycles. The number of nitrogens with one attached hydrogen (secondary N) is 1. The zero-order valence-corrected chi connectivity index (χ0v) is 14.2. The minimum atomic E-state index is 0.768. The summed E-state index contributed by atoms with van der Waals surface area (Å²) >= 11 is 3.45. The molecule has 0 fully saturated rings. The largest absolute Gasteiger partial charge is 0.398 e. The molecule has 0 aliphatic rings. The third-order valence-corrected chi connectivity index (χ3v) is 4.13. The van der Waals surface area contributed by atoms with Crippen molar-refractivity contribution in [2.75, 3.05) is 17.6 Å². The van der Waals surface area contributed by atoms with Crippen molar-refractivity contribution in [3.8, 4) is 0 Å². The van der Waals surface area contributed by atoms with Crippen molar-refractivity contribution in [1.82, 2.24) is 4.98 Å². The van der Waals surface area contributed by atoms with Gasteiger partial charge >= 0.3 is 0 Å². The van der Waals surface area contributed by atoms with E-state index in [0.29, 0.717) is 0 Å². The van der Waals surface area contributed by atoms with Crippen LogP contribution in [0.3, 0.4) is 0 Å². The summed E-state index contributed by atoms with van der Waals surface area (Å²) in [5, 5.41) is 4.49. The number of benzene rings is 1. The van der Waals surface area contributed by atoms with Gasteiger partial charge in [-0.2, -0.15) is 0 Å². The minimum Gasteiger partial charge on any atom is -0.398 e. The number of hydrogen-bond donors (Lipinski definition) is 2. The number of halogens is 1. The lowest BCUT2D eigenvalue weighted by Gasteiger charge is -2.11. The second-order valence-electron chi connectivity index (χ2n) is 5.45. The fraction of sp³-hybridized carbons (Fsp3) is 0.471. The van der Waals surface area contributed by atoms with Crippen molar-refractivity contribution in [2.45, 2.75) is 45.4 Å². The van der Waals surface area contributed by atoms with Crippen LogP contribution in [0.4, 0.5) is 11.4 Å². The van der Waals surface area contributed by atoms with Crippen LogP contribution >= 0.6 is 15.9 Å². The maximum Gasteiger partial charge on any atom is 0.0954 e. The molecule has 0 bridgehead atoms. The quantitative estimate of drug-likeness (QED) is 0.498. The summed E-state index contributed by atoms with van der Waals surface area (Å²) < 4.78 is 0.953. The van der Waals surface area contributed by atoms with Gasteiger partial charge in [0.15, 0.2) is 0 Å². The second-order valence-corrected chi connectivity index (χ2v) is 6.36. The normalized spacial score (nSPS) is 11.0. The Balaban J connectivity index is 1.92. The first-order valence-corrected chi connectivity index (χ1v) is 8.59. The Morgan fingerprint density at radius 1 is 1.14 bits per heavy atom. The molecule has 2 aromatic rings. The minimum absolute atomic E-state index is 0.768. The Morgan fingerprint density at radius 3 is 2.71 bits per heavy atom. The van der Waals surface area contributed by atoms with Crippen molar-refractivity contribution < 1.29 is 0 Å². The number of hydrogen-bond acceptors (Lipinski definition) is 3. The van der Waals surface area contributed by atoms with Crippen LogP contribution in [0.2, 0.25) is 0 Å². The van der Waals surface area contributed by atoms with Crippen molar-refractivity contribution in [2.24, 2.45) is 0 Å². The Kier molecular flexibility index (Phi) is 6.30. The van der Waals surface area contributed by atoms with Crippen LogP contribution in [0.5, 0.6) is 0 Å². The fourth-order valence-electron chi connectivity index (χ4n) is 2.49. The zero-order valence-electron chi connectivity index (χ0n) is 12.7. The number of nitrogen functional groups attached to an aromatic ring is 1. The lowest BCUT2D eigenvalue weighted by atomic mass is 10.1. The number of fused-ring (bicyclic) bond motifs is 1. The van der Waals surface area contributed by atoms with E-state index in [1.54, 1.807) is 0 Å². The van der Waals surface area contributed by atoms with Crippen LogP contribution < -0.4 is 11.1 Å². The molecule has 1 aromatic heterocycles. The van der Waals surface area contributed by atoms with E-state index in [2.05, 4.69) is 33.2 Å². The highest BCUT2D eigenvalue weighted by Gasteiger charge is 2.05. The molecule has 3 nitrogen and oxygen atoms in total. The van der Waals surface area contributed by atoms with E-state index >= 15 is 0 Å². The van der Waals surface area contributed by atoms with Gasteiger partial charge in [-0.3, -0.25) is 4.98 Å². The number of unbranched alkanes of at least 4 members (excludes halogenated alkanes) is 5. The summed E-state index contributed by atoms with van der Waals surface area (Å²) in [6, 6.07) is 5.99. The average Bonchev–Trinajstić information content (AvgIpc) is 2.49. The molecule has 0 amide bonds. The van der Waals surface area contributed by atoms with Gasteiger partial charge in [0.1, 0.15) is 0 Å². The molecule has 0 saturated carbocycles. The van der Waals surface area contributed by atoms with E-state index in [1.165, 1.54) is 38.5 Å². The summed E-state index contributed by atoms with van der Waals surface area (Å²) in [6.07, 6.45) is 9.66. The van der Waals surface area contributed by atoms with E-state index in [0.717, 1.165) is 33.3 Å². The maximum absolute atomic E-state index is 6.03. The molecular formula is C17H24BrN3. The van der Waals surface area contributed by atoms with Gasteiger partial charge in [-0.05, 0) is 40.5 Å². The highest BCUT2D eigenvalue weighted by Crippen LogP contribution is 2.28. The second kappa shape index (κ2) is 8.23. The predicted octanol–water partition coefficient (Wildman–Crippen LogP) is 5.35. The first-order chi connectivity index (χ1) is 10.2. The van der Waals surface area contributed by atoms with Crippen LogP contribution in [0, 0.1) is 0 Å². The van der Waals surface area contributed by atoms with Gasteiger partial charge in [0.2, 0.25) is 0 Å². The molecule has 0 saturated heterocycles. The number of nitrogens with zero attached hydrogens (tertiary/aromatic N) is 1. The van der Waals surface area contributed by atoms with Crippen molar-refractivity contribution in [3.05, 3.63) is 28.9 Å². The van der Waals surface area contributed by atoms with E-state index in [4.69, 9.17) is 5.73 Å². The predicted molar refractivity (Wildman–Crippen MR) is 95.7 cm³/mol. The van der Waals surface area contributed by atoms with Gasteiger partial charge in [0.25, 0.3) is 0 Å². The van der Waals surface area contributed by atoms with E-state index in [9.17, 15) is 0 Å². The monoisotopic (exact) mass is 349 g/mol. The molecule has 21 heavy (non-hydrogen) atoms. The van der Waals surface area contributed by atoms with Crippen LogP contribution in [-0.2, 0) is 0 Å². The number of pyridine rings is 1.